The fourth-order valence-corrected chi connectivity index (χ4v) is 3.68. The van der Waals surface area contributed by atoms with Gasteiger partial charge in [0.15, 0.2) is 5.82 Å². The van der Waals surface area contributed by atoms with Crippen LogP contribution in [0.15, 0.2) is 12.4 Å². The van der Waals surface area contributed by atoms with Crippen molar-refractivity contribution < 1.29 is 9.53 Å². The first-order valence-corrected chi connectivity index (χ1v) is 9.63. The average molecular weight is 376 g/mol. The molecule has 2 aromatic rings. The molecule has 0 N–H and O–H groups in total. The van der Waals surface area contributed by atoms with Crippen LogP contribution in [0.5, 0.6) is 5.88 Å². The second kappa shape index (κ2) is 8.39. The van der Waals surface area contributed by atoms with Crippen molar-refractivity contribution in [2.75, 3.05) is 32.1 Å². The van der Waals surface area contributed by atoms with Crippen LogP contribution in [0.4, 0.5) is 5.82 Å². The summed E-state index contributed by atoms with van der Waals surface area (Å²) in [5.41, 5.74) is 0.800. The van der Waals surface area contributed by atoms with E-state index in [2.05, 4.69) is 26.5 Å². The van der Waals surface area contributed by atoms with Gasteiger partial charge in [0.05, 0.1) is 12.2 Å². The molecule has 26 heavy (non-hydrogen) atoms. The van der Waals surface area contributed by atoms with Crippen molar-refractivity contribution >= 4 is 23.3 Å². The smallest absolute Gasteiger partial charge is 0.267 e. The predicted molar refractivity (Wildman–Crippen MR) is 99.8 cm³/mol. The highest BCUT2D eigenvalue weighted by Crippen LogP contribution is 2.25. The van der Waals surface area contributed by atoms with Crippen LogP contribution in [0.1, 0.15) is 41.6 Å². The molecule has 9 heteroatoms. The van der Waals surface area contributed by atoms with Gasteiger partial charge in [0.25, 0.3) is 11.8 Å². The molecule has 0 radical (unpaired) electrons. The minimum Gasteiger partial charge on any atom is -0.470 e. The molecule has 8 nitrogen and oxygen atoms in total. The highest BCUT2D eigenvalue weighted by molar-refractivity contribution is 7.08. The van der Waals surface area contributed by atoms with Gasteiger partial charge in [-0.05, 0) is 30.8 Å². The number of rotatable bonds is 6. The molecule has 3 rings (SSSR count). The zero-order valence-electron chi connectivity index (χ0n) is 15.4. The highest BCUT2D eigenvalue weighted by atomic mass is 32.1. The third kappa shape index (κ3) is 4.09. The van der Waals surface area contributed by atoms with Crippen molar-refractivity contribution in [1.82, 2.24) is 24.5 Å². The molecule has 0 bridgehead atoms. The highest BCUT2D eigenvalue weighted by Gasteiger charge is 2.29. The second-order valence-electron chi connectivity index (χ2n) is 6.51. The molecule has 3 heterocycles. The molecule has 0 saturated carbocycles. The van der Waals surface area contributed by atoms with Crippen LogP contribution in [-0.4, -0.2) is 63.7 Å². The summed E-state index contributed by atoms with van der Waals surface area (Å²) in [5.74, 6) is 1.19. The van der Waals surface area contributed by atoms with Gasteiger partial charge in [-0.2, -0.15) is 0 Å². The number of aromatic nitrogens is 4. The van der Waals surface area contributed by atoms with E-state index >= 15 is 0 Å². The number of nitrogens with zero attached hydrogens (tertiary/aromatic N) is 6. The summed E-state index contributed by atoms with van der Waals surface area (Å²) in [7, 11) is 3.80. The summed E-state index contributed by atoms with van der Waals surface area (Å²) >= 11 is 1.18. The Kier molecular flexibility index (Phi) is 5.97. The van der Waals surface area contributed by atoms with E-state index in [-0.39, 0.29) is 12.0 Å². The van der Waals surface area contributed by atoms with Crippen LogP contribution >= 0.6 is 11.5 Å². The van der Waals surface area contributed by atoms with Gasteiger partial charge in [0.2, 0.25) is 0 Å². The van der Waals surface area contributed by atoms with Gasteiger partial charge in [-0.1, -0.05) is 17.8 Å². The van der Waals surface area contributed by atoms with Crippen LogP contribution in [0.2, 0.25) is 0 Å². The first kappa shape index (κ1) is 18.5. The SMILES string of the molecule is CCCc1nnsc1C(=O)N1CCCC(Oc2nccnc2N(C)C)C1. The summed E-state index contributed by atoms with van der Waals surface area (Å²) in [6, 6.07) is 0. The zero-order valence-corrected chi connectivity index (χ0v) is 16.2. The molecule has 0 spiro atoms. The Morgan fingerprint density at radius 1 is 1.38 bits per heavy atom. The molecule has 0 aliphatic carbocycles. The maximum atomic E-state index is 12.9. The Morgan fingerprint density at radius 2 is 2.19 bits per heavy atom. The lowest BCUT2D eigenvalue weighted by Crippen LogP contribution is -2.44. The van der Waals surface area contributed by atoms with Gasteiger partial charge in [-0.25, -0.2) is 9.97 Å². The standard InChI is InChI=1S/C17H24N6O2S/c1-4-6-13-14(26-21-20-13)17(24)23-10-5-7-12(11-23)25-16-15(22(2)3)18-8-9-19-16/h8-9,12H,4-7,10-11H2,1-3H3. The van der Waals surface area contributed by atoms with E-state index in [1.54, 1.807) is 12.4 Å². The summed E-state index contributed by atoms with van der Waals surface area (Å²) in [4.78, 5) is 25.9. The van der Waals surface area contributed by atoms with Gasteiger partial charge in [-0.15, -0.1) is 5.10 Å². The van der Waals surface area contributed by atoms with Crippen molar-refractivity contribution in [2.45, 2.75) is 38.7 Å². The summed E-state index contributed by atoms with van der Waals surface area (Å²) in [5, 5.41) is 4.11. The fourth-order valence-electron chi connectivity index (χ4n) is 3.00. The largest absolute Gasteiger partial charge is 0.470 e. The van der Waals surface area contributed by atoms with Gasteiger partial charge >= 0.3 is 0 Å². The summed E-state index contributed by atoms with van der Waals surface area (Å²) < 4.78 is 10.0. The van der Waals surface area contributed by atoms with Gasteiger partial charge in [0.1, 0.15) is 11.0 Å². The molecular weight excluding hydrogens is 352 g/mol. The molecule has 1 aliphatic rings. The molecule has 1 aliphatic heterocycles. The lowest BCUT2D eigenvalue weighted by Gasteiger charge is -2.32. The monoisotopic (exact) mass is 376 g/mol. The number of aryl methyl sites for hydroxylation is 1. The summed E-state index contributed by atoms with van der Waals surface area (Å²) in [6.07, 6.45) is 6.66. The molecule has 140 valence electrons. The minimum atomic E-state index is -0.0985. The lowest BCUT2D eigenvalue weighted by molar-refractivity contribution is 0.0531. The van der Waals surface area contributed by atoms with Crippen LogP contribution in [0.3, 0.4) is 0 Å². The first-order chi connectivity index (χ1) is 12.6. The number of carbonyl (C=O) groups excluding carboxylic acids is 1. The Hall–Kier alpha value is -2.29. The van der Waals surface area contributed by atoms with Crippen molar-refractivity contribution in [2.24, 2.45) is 0 Å². The third-order valence-electron chi connectivity index (χ3n) is 4.25. The van der Waals surface area contributed by atoms with E-state index in [0.717, 1.165) is 37.9 Å². The third-order valence-corrected chi connectivity index (χ3v) is 5.01. The van der Waals surface area contributed by atoms with E-state index in [4.69, 9.17) is 4.74 Å². The van der Waals surface area contributed by atoms with E-state index in [9.17, 15) is 4.79 Å². The summed E-state index contributed by atoms with van der Waals surface area (Å²) in [6.45, 7) is 3.33. The second-order valence-corrected chi connectivity index (χ2v) is 7.27. The molecule has 1 saturated heterocycles. The van der Waals surface area contributed by atoms with Crippen LogP contribution < -0.4 is 9.64 Å². The molecule has 1 atom stereocenters. The normalized spacial score (nSPS) is 17.2. The molecule has 0 aromatic carbocycles. The van der Waals surface area contributed by atoms with E-state index in [0.29, 0.717) is 23.1 Å². The topological polar surface area (TPSA) is 84.3 Å². The fraction of sp³-hybridized carbons (Fsp3) is 0.588. The van der Waals surface area contributed by atoms with Gasteiger partial charge in [-0.3, -0.25) is 4.79 Å². The number of carbonyl (C=O) groups is 1. The molecule has 2 aromatic heterocycles. The van der Waals surface area contributed by atoms with Crippen molar-refractivity contribution in [1.29, 1.82) is 0 Å². The van der Waals surface area contributed by atoms with Crippen LogP contribution in [0, 0.1) is 0 Å². The number of hydrogen-bond acceptors (Lipinski definition) is 8. The number of ether oxygens (including phenoxy) is 1. The van der Waals surface area contributed by atoms with Crippen molar-refractivity contribution in [3.63, 3.8) is 0 Å². The van der Waals surface area contributed by atoms with Crippen LogP contribution in [0.25, 0.3) is 0 Å². The molecule has 1 unspecified atom stereocenters. The van der Waals surface area contributed by atoms with Gasteiger partial charge < -0.3 is 14.5 Å². The minimum absolute atomic E-state index is 0.00345. The first-order valence-electron chi connectivity index (χ1n) is 8.85. The Bertz CT molecular complexity index is 750. The number of likely N-dealkylation sites (tertiary alicyclic amines) is 1. The van der Waals surface area contributed by atoms with E-state index in [1.807, 2.05) is 23.9 Å². The number of piperidine rings is 1. The average Bonchev–Trinajstić information content (AvgIpc) is 3.10. The number of amides is 1. The van der Waals surface area contributed by atoms with Crippen molar-refractivity contribution in [3.8, 4) is 5.88 Å². The molecule has 1 amide bonds. The Morgan fingerprint density at radius 3 is 2.96 bits per heavy atom. The van der Waals surface area contributed by atoms with Crippen molar-refractivity contribution in [3.05, 3.63) is 23.0 Å². The maximum Gasteiger partial charge on any atom is 0.267 e. The van der Waals surface area contributed by atoms with E-state index < -0.39 is 0 Å². The van der Waals surface area contributed by atoms with E-state index in [1.165, 1.54) is 11.5 Å². The Balaban J connectivity index is 1.70. The predicted octanol–water partition coefficient (Wildman–Crippen LogP) is 2.03. The number of hydrogen-bond donors (Lipinski definition) is 0. The Labute approximate surface area is 157 Å². The molecule has 1 fully saturated rings. The molecular formula is C17H24N6O2S. The van der Waals surface area contributed by atoms with Gasteiger partial charge in [0, 0.05) is 33.0 Å². The zero-order chi connectivity index (χ0) is 18.5. The lowest BCUT2D eigenvalue weighted by atomic mass is 10.1. The quantitative estimate of drug-likeness (QED) is 0.762. The maximum absolute atomic E-state index is 12.9. The van der Waals surface area contributed by atoms with Crippen LogP contribution in [-0.2, 0) is 6.42 Å². The number of anilines is 1.